The van der Waals surface area contributed by atoms with Gasteiger partial charge in [0.2, 0.25) is 5.91 Å². The molecule has 0 saturated carbocycles. The summed E-state index contributed by atoms with van der Waals surface area (Å²) in [6, 6.07) is 6.98. The lowest BCUT2D eigenvalue weighted by atomic mass is 9.97. The van der Waals surface area contributed by atoms with Crippen LogP contribution in [-0.2, 0) is 4.79 Å². The van der Waals surface area contributed by atoms with Crippen LogP contribution < -0.4 is 5.32 Å². The molecule has 20 heavy (non-hydrogen) atoms. The highest BCUT2D eigenvalue weighted by Crippen LogP contribution is 2.22. The van der Waals surface area contributed by atoms with Gasteiger partial charge < -0.3 is 15.3 Å². The molecule has 110 valence electrons. The number of hydrogen-bond donors (Lipinski definition) is 2. The van der Waals surface area contributed by atoms with Crippen molar-refractivity contribution in [3.63, 3.8) is 0 Å². The molecule has 2 N–H and O–H groups in total. The van der Waals surface area contributed by atoms with E-state index in [0.717, 1.165) is 37.4 Å². The van der Waals surface area contributed by atoms with Crippen LogP contribution in [0.25, 0.3) is 0 Å². The van der Waals surface area contributed by atoms with E-state index in [-0.39, 0.29) is 11.7 Å². The smallest absolute Gasteiger partial charge is 0.232 e. The molecule has 0 aromatic heterocycles. The van der Waals surface area contributed by atoms with Gasteiger partial charge in [0.25, 0.3) is 0 Å². The summed E-state index contributed by atoms with van der Waals surface area (Å²) in [6.45, 7) is 2.80. The van der Waals surface area contributed by atoms with Gasteiger partial charge in [-0.1, -0.05) is 0 Å². The fourth-order valence-corrected chi connectivity index (χ4v) is 3.26. The topological polar surface area (TPSA) is 52.6 Å². The zero-order valence-electron chi connectivity index (χ0n) is 11.8. The Bertz CT molecular complexity index is 428. The van der Waals surface area contributed by atoms with Gasteiger partial charge in [-0.2, -0.15) is 0 Å². The highest BCUT2D eigenvalue weighted by Gasteiger charge is 2.22. The van der Waals surface area contributed by atoms with Crippen molar-refractivity contribution >= 4 is 17.7 Å². The number of carbonyl (C=O) groups is 1. The minimum absolute atomic E-state index is 0.214. The number of phenolic OH excluding ortho intramolecular Hbond substituents is 1. The largest absolute Gasteiger partial charge is 0.508 e. The summed E-state index contributed by atoms with van der Waals surface area (Å²) in [4.78, 5) is 15.1. The van der Waals surface area contributed by atoms with Gasteiger partial charge in [-0.25, -0.2) is 0 Å². The standard InChI is InChI=1S/C15H22N2O2S/c1-16-10-12-6-8-17(9-7-12)15(19)11-20-14-4-2-13(18)3-5-14/h2-5,12,16,18H,6-11H2,1H3. The third kappa shape index (κ3) is 4.42. The lowest BCUT2D eigenvalue weighted by Crippen LogP contribution is -2.41. The normalized spacial score (nSPS) is 16.4. The van der Waals surface area contributed by atoms with Crippen LogP contribution in [-0.4, -0.2) is 48.3 Å². The van der Waals surface area contributed by atoms with E-state index in [1.807, 2.05) is 24.1 Å². The summed E-state index contributed by atoms with van der Waals surface area (Å²) in [5.74, 6) is 1.65. The molecule has 0 unspecified atom stereocenters. The highest BCUT2D eigenvalue weighted by atomic mass is 32.2. The number of likely N-dealkylation sites (tertiary alicyclic amines) is 1. The molecule has 4 nitrogen and oxygen atoms in total. The third-order valence-electron chi connectivity index (χ3n) is 3.66. The Morgan fingerprint density at radius 3 is 2.60 bits per heavy atom. The quantitative estimate of drug-likeness (QED) is 0.815. The van der Waals surface area contributed by atoms with E-state index < -0.39 is 0 Å². The van der Waals surface area contributed by atoms with E-state index in [1.165, 1.54) is 11.8 Å². The SMILES string of the molecule is CNCC1CCN(C(=O)CSc2ccc(O)cc2)CC1. The van der Waals surface area contributed by atoms with Gasteiger partial charge in [-0.15, -0.1) is 11.8 Å². The molecule has 1 aliphatic rings. The Kier molecular flexibility index (Phi) is 5.73. The molecule has 0 aliphatic carbocycles. The molecular formula is C15H22N2O2S. The molecule has 0 radical (unpaired) electrons. The minimum Gasteiger partial charge on any atom is -0.508 e. The molecule has 1 saturated heterocycles. The number of carbonyl (C=O) groups excluding carboxylic acids is 1. The summed E-state index contributed by atoms with van der Waals surface area (Å²) < 4.78 is 0. The van der Waals surface area contributed by atoms with Crippen molar-refractivity contribution in [1.82, 2.24) is 10.2 Å². The Hall–Kier alpha value is -1.20. The molecule has 1 aliphatic heterocycles. The summed E-state index contributed by atoms with van der Waals surface area (Å²) >= 11 is 1.53. The van der Waals surface area contributed by atoms with E-state index >= 15 is 0 Å². The number of rotatable bonds is 5. The van der Waals surface area contributed by atoms with Crippen LogP contribution in [0.15, 0.2) is 29.2 Å². The summed E-state index contributed by atoms with van der Waals surface area (Å²) in [7, 11) is 1.98. The predicted molar refractivity (Wildman–Crippen MR) is 82.1 cm³/mol. The molecule has 0 bridgehead atoms. The second-order valence-electron chi connectivity index (χ2n) is 5.16. The maximum absolute atomic E-state index is 12.1. The zero-order valence-corrected chi connectivity index (χ0v) is 12.7. The van der Waals surface area contributed by atoms with E-state index in [0.29, 0.717) is 11.7 Å². The second kappa shape index (κ2) is 7.55. The summed E-state index contributed by atoms with van der Waals surface area (Å²) in [5, 5.41) is 12.4. The average molecular weight is 294 g/mol. The van der Waals surface area contributed by atoms with Crippen molar-refractivity contribution in [1.29, 1.82) is 0 Å². The predicted octanol–water partition coefficient (Wildman–Crippen LogP) is 1.94. The number of nitrogens with one attached hydrogen (secondary N) is 1. The highest BCUT2D eigenvalue weighted by molar-refractivity contribution is 8.00. The number of phenols is 1. The van der Waals surface area contributed by atoms with Crippen molar-refractivity contribution in [3.05, 3.63) is 24.3 Å². The van der Waals surface area contributed by atoms with Crippen LogP contribution in [0.5, 0.6) is 5.75 Å². The number of nitrogens with zero attached hydrogens (tertiary/aromatic N) is 1. The van der Waals surface area contributed by atoms with Crippen LogP contribution in [0, 0.1) is 5.92 Å². The van der Waals surface area contributed by atoms with Gasteiger partial charge in [-0.05, 0) is 56.6 Å². The van der Waals surface area contributed by atoms with Crippen LogP contribution in [0.2, 0.25) is 0 Å². The number of piperidine rings is 1. The molecule has 5 heteroatoms. The first-order chi connectivity index (χ1) is 9.69. The Labute approximate surface area is 124 Å². The van der Waals surface area contributed by atoms with Crippen molar-refractivity contribution in [3.8, 4) is 5.75 Å². The molecule has 1 aromatic carbocycles. The number of hydrogen-bond acceptors (Lipinski definition) is 4. The van der Waals surface area contributed by atoms with Crippen molar-refractivity contribution in [2.45, 2.75) is 17.7 Å². The lowest BCUT2D eigenvalue weighted by Gasteiger charge is -2.31. The number of thioether (sulfide) groups is 1. The van der Waals surface area contributed by atoms with Crippen LogP contribution in [0.1, 0.15) is 12.8 Å². The van der Waals surface area contributed by atoms with Gasteiger partial charge in [0.15, 0.2) is 0 Å². The summed E-state index contributed by atoms with van der Waals surface area (Å²) in [5.41, 5.74) is 0. The first-order valence-corrected chi connectivity index (χ1v) is 8.02. The van der Waals surface area contributed by atoms with Gasteiger partial charge in [0.05, 0.1) is 5.75 Å². The fourth-order valence-electron chi connectivity index (χ4n) is 2.45. The maximum Gasteiger partial charge on any atom is 0.232 e. The van der Waals surface area contributed by atoms with E-state index in [4.69, 9.17) is 0 Å². The molecule has 1 heterocycles. The Morgan fingerprint density at radius 2 is 2.00 bits per heavy atom. The molecule has 1 fully saturated rings. The first-order valence-electron chi connectivity index (χ1n) is 7.03. The number of aromatic hydroxyl groups is 1. The molecule has 1 aromatic rings. The average Bonchev–Trinajstić information content (AvgIpc) is 2.47. The van der Waals surface area contributed by atoms with E-state index in [1.54, 1.807) is 12.1 Å². The monoisotopic (exact) mass is 294 g/mol. The van der Waals surface area contributed by atoms with Gasteiger partial charge >= 0.3 is 0 Å². The van der Waals surface area contributed by atoms with E-state index in [9.17, 15) is 9.90 Å². The first kappa shape index (κ1) is 15.2. The van der Waals surface area contributed by atoms with Crippen molar-refractivity contribution < 1.29 is 9.90 Å². The Balaban J connectivity index is 1.74. The summed E-state index contributed by atoms with van der Waals surface area (Å²) in [6.07, 6.45) is 2.19. The van der Waals surface area contributed by atoms with Gasteiger partial charge in [0.1, 0.15) is 5.75 Å². The molecule has 2 rings (SSSR count). The second-order valence-corrected chi connectivity index (χ2v) is 6.21. The number of amides is 1. The molecule has 0 spiro atoms. The molecular weight excluding hydrogens is 272 g/mol. The maximum atomic E-state index is 12.1. The fraction of sp³-hybridized carbons (Fsp3) is 0.533. The lowest BCUT2D eigenvalue weighted by molar-refractivity contribution is -0.129. The van der Waals surface area contributed by atoms with Crippen molar-refractivity contribution in [2.75, 3.05) is 32.4 Å². The van der Waals surface area contributed by atoms with Crippen LogP contribution in [0.4, 0.5) is 0 Å². The Morgan fingerprint density at radius 1 is 1.35 bits per heavy atom. The van der Waals surface area contributed by atoms with E-state index in [2.05, 4.69) is 5.32 Å². The minimum atomic E-state index is 0.214. The zero-order chi connectivity index (χ0) is 14.4. The van der Waals surface area contributed by atoms with Crippen LogP contribution in [0.3, 0.4) is 0 Å². The third-order valence-corrected chi connectivity index (χ3v) is 4.66. The van der Waals surface area contributed by atoms with Gasteiger partial charge in [0, 0.05) is 18.0 Å². The number of benzene rings is 1. The molecule has 1 amide bonds. The van der Waals surface area contributed by atoms with Crippen molar-refractivity contribution in [2.24, 2.45) is 5.92 Å². The van der Waals surface area contributed by atoms with Gasteiger partial charge in [-0.3, -0.25) is 4.79 Å². The molecule has 0 atom stereocenters. The van der Waals surface area contributed by atoms with Crippen LogP contribution >= 0.6 is 11.8 Å².